The maximum Gasteiger partial charge on any atom is 0.123 e. The van der Waals surface area contributed by atoms with Gasteiger partial charge in [-0.1, -0.05) is 25.0 Å². The van der Waals surface area contributed by atoms with E-state index in [2.05, 4.69) is 0 Å². The minimum atomic E-state index is -1.06. The topological polar surface area (TPSA) is 40.5 Å². The van der Waals surface area contributed by atoms with Crippen LogP contribution in [0.3, 0.4) is 0 Å². The van der Waals surface area contributed by atoms with Gasteiger partial charge in [0, 0.05) is 0 Å². The highest BCUT2D eigenvalue weighted by Crippen LogP contribution is 2.39. The van der Waals surface area contributed by atoms with Gasteiger partial charge >= 0.3 is 0 Å². The second kappa shape index (κ2) is 3.91. The lowest BCUT2D eigenvalue weighted by molar-refractivity contribution is -0.0720. The van der Waals surface area contributed by atoms with Crippen LogP contribution in [0, 0.1) is 5.82 Å². The van der Waals surface area contributed by atoms with Gasteiger partial charge < -0.3 is 10.2 Å². The van der Waals surface area contributed by atoms with Crippen LogP contribution < -0.4 is 0 Å². The molecule has 1 aliphatic carbocycles. The van der Waals surface area contributed by atoms with Crippen molar-refractivity contribution in [1.29, 1.82) is 0 Å². The molecule has 1 fully saturated rings. The first-order valence-corrected chi connectivity index (χ1v) is 5.28. The van der Waals surface area contributed by atoms with Crippen molar-refractivity contribution in [2.24, 2.45) is 0 Å². The Morgan fingerprint density at radius 3 is 2.53 bits per heavy atom. The zero-order valence-corrected chi connectivity index (χ0v) is 8.49. The average molecular weight is 210 g/mol. The van der Waals surface area contributed by atoms with Crippen molar-refractivity contribution >= 4 is 0 Å². The molecular formula is C12H15FO2. The van der Waals surface area contributed by atoms with E-state index in [0.717, 1.165) is 12.8 Å². The summed E-state index contributed by atoms with van der Waals surface area (Å²) in [5.74, 6) is -0.381. The summed E-state index contributed by atoms with van der Waals surface area (Å²) in [5.41, 5.74) is -0.604. The van der Waals surface area contributed by atoms with Gasteiger partial charge in [0.05, 0.1) is 5.60 Å². The molecule has 1 unspecified atom stereocenters. The maximum atomic E-state index is 12.9. The molecule has 2 N–H and O–H groups in total. The standard InChI is InChI=1S/C12H15FO2/c13-10-5-3-4-9(8-10)11(14)12(15)6-1-2-7-12/h3-5,8,11,14-15H,1-2,6-7H2. The number of aliphatic hydroxyl groups is 2. The second-order valence-electron chi connectivity index (χ2n) is 4.27. The Morgan fingerprint density at radius 1 is 1.27 bits per heavy atom. The van der Waals surface area contributed by atoms with E-state index in [1.54, 1.807) is 12.1 Å². The van der Waals surface area contributed by atoms with E-state index in [1.165, 1.54) is 12.1 Å². The lowest BCUT2D eigenvalue weighted by Gasteiger charge is -2.28. The van der Waals surface area contributed by atoms with Gasteiger partial charge in [-0.15, -0.1) is 0 Å². The van der Waals surface area contributed by atoms with E-state index < -0.39 is 11.7 Å². The van der Waals surface area contributed by atoms with Crippen LogP contribution in [-0.4, -0.2) is 15.8 Å². The van der Waals surface area contributed by atoms with Crippen LogP contribution in [0.2, 0.25) is 0 Å². The Labute approximate surface area is 88.4 Å². The highest BCUT2D eigenvalue weighted by molar-refractivity contribution is 5.21. The maximum absolute atomic E-state index is 12.9. The summed E-state index contributed by atoms with van der Waals surface area (Å²) in [6.45, 7) is 0. The Hall–Kier alpha value is -0.930. The fraction of sp³-hybridized carbons (Fsp3) is 0.500. The molecule has 1 saturated carbocycles. The average Bonchev–Trinajstić information content (AvgIpc) is 2.65. The van der Waals surface area contributed by atoms with Crippen molar-refractivity contribution < 1.29 is 14.6 Å². The molecule has 1 aromatic rings. The van der Waals surface area contributed by atoms with Crippen LogP contribution in [-0.2, 0) is 0 Å². The Kier molecular flexibility index (Phi) is 2.76. The molecule has 1 atom stereocenters. The lowest BCUT2D eigenvalue weighted by atomic mass is 9.89. The number of rotatable bonds is 2. The first-order valence-electron chi connectivity index (χ1n) is 5.28. The van der Waals surface area contributed by atoms with E-state index in [1.807, 2.05) is 0 Å². The number of benzene rings is 1. The lowest BCUT2D eigenvalue weighted by Crippen LogP contribution is -2.32. The largest absolute Gasteiger partial charge is 0.387 e. The normalized spacial score (nSPS) is 21.5. The fourth-order valence-corrected chi connectivity index (χ4v) is 2.25. The second-order valence-corrected chi connectivity index (χ2v) is 4.27. The predicted molar refractivity (Wildman–Crippen MR) is 54.8 cm³/mol. The molecule has 1 aliphatic rings. The van der Waals surface area contributed by atoms with Gasteiger partial charge in [-0.25, -0.2) is 4.39 Å². The SMILES string of the molecule is OC(c1cccc(F)c1)C1(O)CCCC1. The molecule has 82 valence electrons. The third kappa shape index (κ3) is 2.03. The molecule has 0 spiro atoms. The van der Waals surface area contributed by atoms with E-state index in [9.17, 15) is 14.6 Å². The van der Waals surface area contributed by atoms with Gasteiger partial charge in [0.2, 0.25) is 0 Å². The van der Waals surface area contributed by atoms with Crippen LogP contribution >= 0.6 is 0 Å². The molecule has 3 heteroatoms. The Bertz CT molecular complexity index is 345. The van der Waals surface area contributed by atoms with E-state index in [0.29, 0.717) is 18.4 Å². The third-order valence-corrected chi connectivity index (χ3v) is 3.14. The van der Waals surface area contributed by atoms with Crippen molar-refractivity contribution in [3.8, 4) is 0 Å². The van der Waals surface area contributed by atoms with Gasteiger partial charge in [-0.2, -0.15) is 0 Å². The zero-order valence-electron chi connectivity index (χ0n) is 8.49. The quantitative estimate of drug-likeness (QED) is 0.785. The van der Waals surface area contributed by atoms with Crippen LogP contribution in [0.1, 0.15) is 37.4 Å². The zero-order chi connectivity index (χ0) is 10.9. The molecule has 0 saturated heterocycles. The highest BCUT2D eigenvalue weighted by atomic mass is 19.1. The minimum absolute atomic E-state index is 0.381. The molecular weight excluding hydrogens is 195 g/mol. The summed E-state index contributed by atoms with van der Waals surface area (Å²) in [6, 6.07) is 5.80. The molecule has 0 amide bonds. The minimum Gasteiger partial charge on any atom is -0.387 e. The fourth-order valence-electron chi connectivity index (χ4n) is 2.25. The predicted octanol–water partition coefficient (Wildman–Crippen LogP) is 2.16. The molecule has 0 bridgehead atoms. The summed E-state index contributed by atoms with van der Waals surface area (Å²) in [5, 5.41) is 20.1. The number of halogens is 1. The first-order chi connectivity index (χ1) is 7.12. The van der Waals surface area contributed by atoms with Crippen LogP contribution in [0.4, 0.5) is 4.39 Å². The summed E-state index contributed by atoms with van der Waals surface area (Å²) in [7, 11) is 0. The Balaban J connectivity index is 2.23. The molecule has 0 radical (unpaired) electrons. The number of hydrogen-bond donors (Lipinski definition) is 2. The van der Waals surface area contributed by atoms with E-state index in [4.69, 9.17) is 0 Å². The molecule has 2 nitrogen and oxygen atoms in total. The van der Waals surface area contributed by atoms with Crippen molar-refractivity contribution in [3.63, 3.8) is 0 Å². The molecule has 0 aromatic heterocycles. The van der Waals surface area contributed by atoms with Gasteiger partial charge in [0.1, 0.15) is 11.9 Å². The summed E-state index contributed by atoms with van der Waals surface area (Å²) >= 11 is 0. The van der Waals surface area contributed by atoms with Crippen LogP contribution in [0.25, 0.3) is 0 Å². The molecule has 15 heavy (non-hydrogen) atoms. The first kappa shape index (κ1) is 10.6. The van der Waals surface area contributed by atoms with Crippen molar-refractivity contribution in [2.45, 2.75) is 37.4 Å². The highest BCUT2D eigenvalue weighted by Gasteiger charge is 2.39. The summed E-state index contributed by atoms with van der Waals surface area (Å²) in [4.78, 5) is 0. The van der Waals surface area contributed by atoms with Crippen LogP contribution in [0.5, 0.6) is 0 Å². The smallest absolute Gasteiger partial charge is 0.123 e. The molecule has 2 rings (SSSR count). The van der Waals surface area contributed by atoms with Gasteiger partial charge in [-0.05, 0) is 30.5 Å². The third-order valence-electron chi connectivity index (χ3n) is 3.14. The van der Waals surface area contributed by atoms with E-state index >= 15 is 0 Å². The van der Waals surface area contributed by atoms with Crippen molar-refractivity contribution in [2.75, 3.05) is 0 Å². The van der Waals surface area contributed by atoms with Gasteiger partial charge in [0.25, 0.3) is 0 Å². The summed E-state index contributed by atoms with van der Waals surface area (Å²) < 4.78 is 12.9. The number of hydrogen-bond acceptors (Lipinski definition) is 2. The molecule has 0 aliphatic heterocycles. The van der Waals surface area contributed by atoms with E-state index in [-0.39, 0.29) is 5.82 Å². The molecule has 0 heterocycles. The van der Waals surface area contributed by atoms with Gasteiger partial charge in [0.15, 0.2) is 0 Å². The monoisotopic (exact) mass is 210 g/mol. The van der Waals surface area contributed by atoms with Gasteiger partial charge in [-0.3, -0.25) is 0 Å². The van der Waals surface area contributed by atoms with Crippen molar-refractivity contribution in [3.05, 3.63) is 35.6 Å². The van der Waals surface area contributed by atoms with Crippen LogP contribution in [0.15, 0.2) is 24.3 Å². The summed E-state index contributed by atoms with van der Waals surface area (Å²) in [6.07, 6.45) is 2.04. The van der Waals surface area contributed by atoms with Crippen molar-refractivity contribution in [1.82, 2.24) is 0 Å². The Morgan fingerprint density at radius 2 is 1.93 bits per heavy atom. The molecule has 1 aromatic carbocycles. The number of aliphatic hydroxyl groups excluding tert-OH is 1.